The lowest BCUT2D eigenvalue weighted by atomic mass is 10.1. The summed E-state index contributed by atoms with van der Waals surface area (Å²) in [5, 5.41) is 2.84. The first kappa shape index (κ1) is 19.8. The molecule has 1 aromatic carbocycles. The van der Waals surface area contributed by atoms with Crippen LogP contribution >= 0.6 is 0 Å². The zero-order chi connectivity index (χ0) is 19.9. The maximum absolute atomic E-state index is 12.8. The Morgan fingerprint density at radius 3 is 2.50 bits per heavy atom. The molecule has 2 aromatic rings. The van der Waals surface area contributed by atoms with Gasteiger partial charge in [0, 0.05) is 38.6 Å². The zero-order valence-corrected chi connectivity index (χ0v) is 16.4. The second kappa shape index (κ2) is 9.32. The third-order valence-corrected chi connectivity index (χ3v) is 4.79. The van der Waals surface area contributed by atoms with E-state index in [1.165, 1.54) is 12.4 Å². The van der Waals surface area contributed by atoms with Crippen molar-refractivity contribution in [2.24, 2.45) is 0 Å². The fourth-order valence-electron chi connectivity index (χ4n) is 3.18. The quantitative estimate of drug-likeness (QED) is 0.831. The number of nitrogens with one attached hydrogen (secondary N) is 1. The van der Waals surface area contributed by atoms with E-state index in [0.29, 0.717) is 42.3 Å². The van der Waals surface area contributed by atoms with Crippen LogP contribution in [-0.4, -0.2) is 65.9 Å². The van der Waals surface area contributed by atoms with Crippen LogP contribution in [0, 0.1) is 0 Å². The van der Waals surface area contributed by atoms with Crippen molar-refractivity contribution in [1.29, 1.82) is 0 Å². The fourth-order valence-corrected chi connectivity index (χ4v) is 3.18. The number of carbonyl (C=O) groups is 2. The number of aromatic nitrogens is 1. The standard InChI is InChI=1S/C21H26N4O3/c1-3-24-9-11-25(12-10-24)21(27)17-13-16(14-22-15-17)20(26)23-18-7-5-6-8-19(18)28-4-2/h5-8,13-15H,3-4,9-12H2,1-2H3,(H,23,26). The smallest absolute Gasteiger partial charge is 0.257 e. The number of carbonyl (C=O) groups excluding carboxylic acids is 2. The molecule has 148 valence electrons. The second-order valence-corrected chi connectivity index (χ2v) is 6.57. The fraction of sp³-hybridized carbons (Fsp3) is 0.381. The van der Waals surface area contributed by atoms with Gasteiger partial charge in [-0.15, -0.1) is 0 Å². The molecule has 1 N–H and O–H groups in total. The van der Waals surface area contributed by atoms with E-state index in [9.17, 15) is 9.59 Å². The Labute approximate surface area is 165 Å². The van der Waals surface area contributed by atoms with Gasteiger partial charge in [0.05, 0.1) is 23.4 Å². The van der Waals surface area contributed by atoms with E-state index < -0.39 is 0 Å². The first-order chi connectivity index (χ1) is 13.6. The lowest BCUT2D eigenvalue weighted by molar-refractivity contribution is 0.0643. The predicted molar refractivity (Wildman–Crippen MR) is 108 cm³/mol. The zero-order valence-electron chi connectivity index (χ0n) is 16.4. The van der Waals surface area contributed by atoms with Crippen LogP contribution in [0.3, 0.4) is 0 Å². The predicted octanol–water partition coefficient (Wildman–Crippen LogP) is 2.51. The molecule has 0 atom stereocenters. The van der Waals surface area contributed by atoms with E-state index in [1.807, 2.05) is 24.0 Å². The minimum atomic E-state index is -0.329. The van der Waals surface area contributed by atoms with Crippen molar-refractivity contribution in [3.63, 3.8) is 0 Å². The number of para-hydroxylation sites is 2. The third kappa shape index (κ3) is 4.67. The van der Waals surface area contributed by atoms with E-state index in [1.54, 1.807) is 18.2 Å². The average molecular weight is 382 g/mol. The Hall–Kier alpha value is -2.93. The summed E-state index contributed by atoms with van der Waals surface area (Å²) in [4.78, 5) is 33.7. The highest BCUT2D eigenvalue weighted by Gasteiger charge is 2.22. The first-order valence-corrected chi connectivity index (χ1v) is 9.62. The van der Waals surface area contributed by atoms with Crippen molar-refractivity contribution in [2.75, 3.05) is 44.6 Å². The van der Waals surface area contributed by atoms with Gasteiger partial charge in [-0.25, -0.2) is 0 Å². The van der Waals surface area contributed by atoms with E-state index in [-0.39, 0.29) is 11.8 Å². The number of hydrogen-bond donors (Lipinski definition) is 1. The van der Waals surface area contributed by atoms with Crippen molar-refractivity contribution >= 4 is 17.5 Å². The molecule has 28 heavy (non-hydrogen) atoms. The van der Waals surface area contributed by atoms with E-state index >= 15 is 0 Å². The number of rotatable bonds is 6. The molecule has 1 saturated heterocycles. The first-order valence-electron chi connectivity index (χ1n) is 9.62. The molecule has 1 aromatic heterocycles. The van der Waals surface area contributed by atoms with Crippen molar-refractivity contribution in [1.82, 2.24) is 14.8 Å². The largest absolute Gasteiger partial charge is 0.492 e. The molecule has 1 aliphatic heterocycles. The van der Waals surface area contributed by atoms with E-state index in [2.05, 4.69) is 22.1 Å². The summed E-state index contributed by atoms with van der Waals surface area (Å²) < 4.78 is 5.54. The van der Waals surface area contributed by atoms with Crippen molar-refractivity contribution < 1.29 is 14.3 Å². The summed E-state index contributed by atoms with van der Waals surface area (Å²) >= 11 is 0. The van der Waals surface area contributed by atoms with Crippen LogP contribution in [-0.2, 0) is 0 Å². The topological polar surface area (TPSA) is 74.8 Å². The van der Waals surface area contributed by atoms with Gasteiger partial charge in [-0.1, -0.05) is 19.1 Å². The number of ether oxygens (including phenoxy) is 1. The highest BCUT2D eigenvalue weighted by Crippen LogP contribution is 2.24. The molecule has 1 fully saturated rings. The molecule has 3 rings (SSSR count). The van der Waals surface area contributed by atoms with E-state index in [0.717, 1.165) is 19.6 Å². The number of likely N-dealkylation sites (N-methyl/N-ethyl adjacent to an activating group) is 1. The van der Waals surface area contributed by atoms with Gasteiger partial charge in [-0.2, -0.15) is 0 Å². The van der Waals surface area contributed by atoms with Gasteiger partial charge in [-0.05, 0) is 31.7 Å². The van der Waals surface area contributed by atoms with Crippen LogP contribution in [0.15, 0.2) is 42.7 Å². The average Bonchev–Trinajstić information content (AvgIpc) is 2.75. The van der Waals surface area contributed by atoms with Gasteiger partial charge in [0.15, 0.2) is 0 Å². The van der Waals surface area contributed by atoms with Crippen LogP contribution in [0.4, 0.5) is 5.69 Å². The summed E-state index contributed by atoms with van der Waals surface area (Å²) in [6.07, 6.45) is 2.98. The minimum Gasteiger partial charge on any atom is -0.492 e. The molecule has 0 saturated carbocycles. The SMILES string of the molecule is CCOc1ccccc1NC(=O)c1cncc(C(=O)N2CCN(CC)CC2)c1. The summed E-state index contributed by atoms with van der Waals surface area (Å²) in [5.74, 6) is 0.185. The Morgan fingerprint density at radius 1 is 1.07 bits per heavy atom. The number of nitrogens with zero attached hydrogens (tertiary/aromatic N) is 3. The van der Waals surface area contributed by atoms with Crippen molar-refractivity contribution in [3.8, 4) is 5.75 Å². The number of piperazine rings is 1. The Balaban J connectivity index is 1.71. The summed E-state index contributed by atoms with van der Waals surface area (Å²) in [7, 11) is 0. The van der Waals surface area contributed by atoms with Gasteiger partial charge in [0.25, 0.3) is 11.8 Å². The molecule has 7 nitrogen and oxygen atoms in total. The molecular weight excluding hydrogens is 356 g/mol. The maximum Gasteiger partial charge on any atom is 0.257 e. The van der Waals surface area contributed by atoms with Gasteiger partial charge >= 0.3 is 0 Å². The lowest BCUT2D eigenvalue weighted by Crippen LogP contribution is -2.48. The molecule has 1 aliphatic rings. The van der Waals surface area contributed by atoms with Crippen LogP contribution in [0.2, 0.25) is 0 Å². The summed E-state index contributed by atoms with van der Waals surface area (Å²) in [6.45, 7) is 8.60. The third-order valence-electron chi connectivity index (χ3n) is 4.79. The van der Waals surface area contributed by atoms with Crippen molar-refractivity contribution in [3.05, 3.63) is 53.9 Å². The van der Waals surface area contributed by atoms with Crippen LogP contribution in [0.5, 0.6) is 5.75 Å². The Morgan fingerprint density at radius 2 is 1.79 bits per heavy atom. The highest BCUT2D eigenvalue weighted by atomic mass is 16.5. The number of pyridine rings is 1. The Bertz CT molecular complexity index is 832. The molecule has 0 bridgehead atoms. The number of amides is 2. The van der Waals surface area contributed by atoms with Gasteiger partial charge in [0.1, 0.15) is 5.75 Å². The maximum atomic E-state index is 12.8. The molecule has 0 unspecified atom stereocenters. The number of benzene rings is 1. The van der Waals surface area contributed by atoms with Gasteiger partial charge < -0.3 is 19.9 Å². The number of hydrogen-bond acceptors (Lipinski definition) is 5. The molecule has 2 heterocycles. The highest BCUT2D eigenvalue weighted by molar-refractivity contribution is 6.06. The molecule has 0 spiro atoms. The molecule has 2 amide bonds. The Kier molecular flexibility index (Phi) is 6.60. The van der Waals surface area contributed by atoms with Crippen LogP contribution in [0.1, 0.15) is 34.6 Å². The van der Waals surface area contributed by atoms with Gasteiger partial charge in [0.2, 0.25) is 0 Å². The molecular formula is C21H26N4O3. The van der Waals surface area contributed by atoms with E-state index in [4.69, 9.17) is 4.74 Å². The molecule has 0 aliphatic carbocycles. The monoisotopic (exact) mass is 382 g/mol. The summed E-state index contributed by atoms with van der Waals surface area (Å²) in [6, 6.07) is 8.85. The van der Waals surface area contributed by atoms with Crippen molar-refractivity contribution in [2.45, 2.75) is 13.8 Å². The normalized spacial score (nSPS) is 14.6. The van der Waals surface area contributed by atoms with Gasteiger partial charge in [-0.3, -0.25) is 14.6 Å². The molecule has 0 radical (unpaired) electrons. The second-order valence-electron chi connectivity index (χ2n) is 6.57. The van der Waals surface area contributed by atoms with Crippen LogP contribution in [0.25, 0.3) is 0 Å². The van der Waals surface area contributed by atoms with Crippen LogP contribution < -0.4 is 10.1 Å². The summed E-state index contributed by atoms with van der Waals surface area (Å²) in [5.41, 5.74) is 1.35. The molecule has 7 heteroatoms. The lowest BCUT2D eigenvalue weighted by Gasteiger charge is -2.34. The minimum absolute atomic E-state index is 0.0902. The number of anilines is 1.